The van der Waals surface area contributed by atoms with Gasteiger partial charge < -0.3 is 14.6 Å². The second-order valence-corrected chi connectivity index (χ2v) is 8.98. The van der Waals surface area contributed by atoms with Crippen molar-refractivity contribution in [1.29, 1.82) is 0 Å². The van der Waals surface area contributed by atoms with Crippen LogP contribution in [0.2, 0.25) is 0 Å². The fourth-order valence-electron chi connectivity index (χ4n) is 3.48. The standard InChI is InChI=1S/C23H23FN4O3S/c1-13-18(15-7-8-15)12-26-23(31-19-9-10-20(24)27-14(19)2)21(13)22(29)28-16-5-4-6-17(11-16)32(30)25-3/h4-6,9-12,15,25H,7-8H2,1-3H3,(H,28,29)/t32-/m1/s1. The molecule has 0 aliphatic heterocycles. The molecule has 1 aliphatic carbocycles. The summed E-state index contributed by atoms with van der Waals surface area (Å²) in [6, 6.07) is 9.45. The average Bonchev–Trinajstić information content (AvgIpc) is 3.60. The molecule has 2 aromatic heterocycles. The summed E-state index contributed by atoms with van der Waals surface area (Å²) in [5.41, 5.74) is 2.96. The molecule has 0 radical (unpaired) electrons. The van der Waals surface area contributed by atoms with Crippen LogP contribution in [0.15, 0.2) is 47.5 Å². The third kappa shape index (κ3) is 4.74. The molecule has 1 aliphatic rings. The van der Waals surface area contributed by atoms with Gasteiger partial charge in [-0.2, -0.15) is 4.39 Å². The number of carbonyl (C=O) groups is 1. The van der Waals surface area contributed by atoms with Crippen molar-refractivity contribution in [3.63, 3.8) is 0 Å². The predicted octanol–water partition coefficient (Wildman–Crippen LogP) is 4.40. The molecule has 9 heteroatoms. The Morgan fingerprint density at radius 2 is 2.03 bits per heavy atom. The summed E-state index contributed by atoms with van der Waals surface area (Å²) in [5, 5.41) is 2.86. The van der Waals surface area contributed by atoms with Crippen molar-refractivity contribution in [3.05, 3.63) is 70.9 Å². The van der Waals surface area contributed by atoms with Crippen LogP contribution in [0.3, 0.4) is 0 Å². The summed E-state index contributed by atoms with van der Waals surface area (Å²) in [6.45, 7) is 3.50. The Kier molecular flexibility index (Phi) is 6.40. The van der Waals surface area contributed by atoms with Gasteiger partial charge in [-0.3, -0.25) is 4.79 Å². The maximum absolute atomic E-state index is 13.4. The van der Waals surface area contributed by atoms with Crippen LogP contribution in [-0.4, -0.2) is 27.5 Å². The van der Waals surface area contributed by atoms with E-state index in [1.165, 1.54) is 12.1 Å². The van der Waals surface area contributed by atoms with E-state index in [1.54, 1.807) is 44.4 Å². The van der Waals surface area contributed by atoms with Gasteiger partial charge in [0.05, 0.1) is 17.1 Å². The molecule has 1 atom stereocenters. The number of anilines is 1. The molecule has 0 saturated heterocycles. The van der Waals surface area contributed by atoms with Gasteiger partial charge in [0, 0.05) is 25.0 Å². The number of rotatable bonds is 7. The third-order valence-corrected chi connectivity index (χ3v) is 6.34. The summed E-state index contributed by atoms with van der Waals surface area (Å²) in [4.78, 5) is 22.1. The van der Waals surface area contributed by atoms with E-state index in [2.05, 4.69) is 20.0 Å². The first-order valence-corrected chi connectivity index (χ1v) is 11.3. The number of amides is 1. The van der Waals surface area contributed by atoms with Crippen molar-refractivity contribution in [3.8, 4) is 11.6 Å². The lowest BCUT2D eigenvalue weighted by atomic mass is 10.0. The smallest absolute Gasteiger partial charge is 0.261 e. The molecule has 0 spiro atoms. The van der Waals surface area contributed by atoms with Gasteiger partial charge in [0.2, 0.25) is 11.8 Å². The highest BCUT2D eigenvalue weighted by Gasteiger charge is 2.30. The number of nitrogens with zero attached hydrogens (tertiary/aromatic N) is 2. The van der Waals surface area contributed by atoms with E-state index in [0.717, 1.165) is 24.0 Å². The molecule has 1 fully saturated rings. The number of pyridine rings is 2. The monoisotopic (exact) mass is 454 g/mol. The number of carbonyl (C=O) groups excluding carboxylic acids is 1. The minimum atomic E-state index is -1.38. The Labute approximate surface area is 188 Å². The maximum atomic E-state index is 13.4. The number of nitrogens with one attached hydrogen (secondary N) is 2. The number of aryl methyl sites for hydroxylation is 1. The van der Waals surface area contributed by atoms with Crippen LogP contribution in [-0.2, 0) is 11.4 Å². The lowest BCUT2D eigenvalue weighted by molar-refractivity contribution is 0.102. The zero-order valence-corrected chi connectivity index (χ0v) is 18.8. The number of halogens is 1. The van der Waals surface area contributed by atoms with Crippen LogP contribution >= 0.6 is 0 Å². The second-order valence-electron chi connectivity index (χ2n) is 7.57. The topological polar surface area (TPSA) is 99.2 Å². The summed E-state index contributed by atoms with van der Waals surface area (Å²) in [7, 11) is 1.59. The first-order chi connectivity index (χ1) is 15.4. The molecular formula is C23H23FN4O3S. The summed E-state index contributed by atoms with van der Waals surface area (Å²) < 4.78 is 34.0. The van der Waals surface area contributed by atoms with Gasteiger partial charge in [-0.1, -0.05) is 6.07 Å². The van der Waals surface area contributed by atoms with Crippen molar-refractivity contribution in [1.82, 2.24) is 14.7 Å². The molecule has 0 unspecified atom stereocenters. The highest BCUT2D eigenvalue weighted by molar-refractivity contribution is 7.89. The molecule has 4 rings (SSSR count). The average molecular weight is 455 g/mol. The van der Waals surface area contributed by atoms with Gasteiger partial charge >= 0.3 is 0 Å². The van der Waals surface area contributed by atoms with Crippen molar-refractivity contribution in [2.75, 3.05) is 12.4 Å². The largest absolute Gasteiger partial charge is 0.593 e. The minimum Gasteiger partial charge on any atom is -0.593 e. The summed E-state index contributed by atoms with van der Waals surface area (Å²) in [6.07, 6.45) is 3.85. The lowest BCUT2D eigenvalue weighted by Gasteiger charge is -2.16. The minimum absolute atomic E-state index is 0.121. The molecule has 166 valence electrons. The molecule has 2 heterocycles. The Balaban J connectivity index is 1.69. The van der Waals surface area contributed by atoms with Crippen LogP contribution in [0.4, 0.5) is 10.1 Å². The molecule has 0 bridgehead atoms. The van der Waals surface area contributed by atoms with Crippen molar-refractivity contribution in [2.45, 2.75) is 37.5 Å². The fourth-order valence-corrected chi connectivity index (χ4v) is 4.15. The van der Waals surface area contributed by atoms with E-state index in [9.17, 15) is 13.7 Å². The number of ether oxygens (including phenoxy) is 1. The Hall–Kier alpha value is -3.01. The normalized spacial score (nSPS) is 14.2. The van der Waals surface area contributed by atoms with Gasteiger partial charge in [-0.15, -0.1) is 4.72 Å². The second kappa shape index (κ2) is 9.23. The molecule has 7 nitrogen and oxygen atoms in total. The van der Waals surface area contributed by atoms with Gasteiger partial charge in [0.25, 0.3) is 5.91 Å². The molecule has 2 N–H and O–H groups in total. The van der Waals surface area contributed by atoms with Crippen LogP contribution in [0, 0.1) is 19.8 Å². The highest BCUT2D eigenvalue weighted by atomic mass is 32.2. The molecular weight excluding hydrogens is 431 g/mol. The number of hydrogen-bond acceptors (Lipinski definition) is 6. The van der Waals surface area contributed by atoms with Crippen LogP contribution in [0.1, 0.15) is 45.9 Å². The lowest BCUT2D eigenvalue weighted by Crippen LogP contribution is -2.20. The summed E-state index contributed by atoms with van der Waals surface area (Å²) >= 11 is -1.38. The highest BCUT2D eigenvalue weighted by Crippen LogP contribution is 2.43. The first-order valence-electron chi connectivity index (χ1n) is 10.2. The Morgan fingerprint density at radius 1 is 1.25 bits per heavy atom. The molecule has 32 heavy (non-hydrogen) atoms. The SMILES string of the molecule is CN[S@+]([O-])c1cccc(NC(=O)c2c(Oc3ccc(F)nc3C)ncc(C3CC3)c2C)c1. The number of aromatic nitrogens is 2. The predicted molar refractivity (Wildman–Crippen MR) is 120 cm³/mol. The third-order valence-electron chi connectivity index (χ3n) is 5.29. The molecule has 1 saturated carbocycles. The van der Waals surface area contributed by atoms with E-state index in [4.69, 9.17) is 4.74 Å². The van der Waals surface area contributed by atoms with Crippen LogP contribution in [0.5, 0.6) is 11.6 Å². The van der Waals surface area contributed by atoms with Crippen molar-refractivity contribution < 1.29 is 18.5 Å². The van der Waals surface area contributed by atoms with Crippen LogP contribution < -0.4 is 14.8 Å². The Morgan fingerprint density at radius 3 is 2.72 bits per heavy atom. The fraction of sp³-hybridized carbons (Fsp3) is 0.261. The van der Waals surface area contributed by atoms with Gasteiger partial charge in [0.15, 0.2) is 10.6 Å². The summed E-state index contributed by atoms with van der Waals surface area (Å²) in [5.74, 6) is -0.181. The van der Waals surface area contributed by atoms with Crippen molar-refractivity contribution >= 4 is 23.0 Å². The number of hydrogen-bond donors (Lipinski definition) is 2. The maximum Gasteiger partial charge on any atom is 0.261 e. The molecule has 1 aromatic carbocycles. The first kappa shape index (κ1) is 22.2. The molecule has 1 amide bonds. The zero-order chi connectivity index (χ0) is 22.8. The van der Waals surface area contributed by atoms with E-state index in [-0.39, 0.29) is 5.88 Å². The molecule has 3 aromatic rings. The Bertz CT molecular complexity index is 1170. The zero-order valence-electron chi connectivity index (χ0n) is 17.9. The van der Waals surface area contributed by atoms with Gasteiger partial charge in [-0.25, -0.2) is 9.97 Å². The van der Waals surface area contributed by atoms with E-state index < -0.39 is 23.2 Å². The number of benzene rings is 1. The van der Waals surface area contributed by atoms with Gasteiger partial charge in [0.1, 0.15) is 5.56 Å². The van der Waals surface area contributed by atoms with Crippen LogP contribution in [0.25, 0.3) is 0 Å². The van der Waals surface area contributed by atoms with E-state index in [0.29, 0.717) is 33.5 Å². The van der Waals surface area contributed by atoms with E-state index >= 15 is 0 Å². The van der Waals surface area contributed by atoms with E-state index in [1.807, 2.05) is 6.92 Å². The van der Waals surface area contributed by atoms with Crippen molar-refractivity contribution in [2.24, 2.45) is 0 Å². The quantitative estimate of drug-likeness (QED) is 0.406. The van der Waals surface area contributed by atoms with Gasteiger partial charge in [-0.05, 0) is 68.0 Å².